The van der Waals surface area contributed by atoms with Gasteiger partial charge in [-0.1, -0.05) is 11.6 Å². The Bertz CT molecular complexity index is 520. The highest BCUT2D eigenvalue weighted by atomic mass is 35.5. The molecule has 66 valence electrons. The Labute approximate surface area is 78.6 Å². The number of halogens is 1. The molecular weight excluding hydrogens is 190 g/mol. The second-order valence-electron chi connectivity index (χ2n) is 2.66. The van der Waals surface area contributed by atoms with E-state index in [-0.39, 0.29) is 10.6 Å². The number of rotatable bonds is 0. The van der Waals surface area contributed by atoms with Crippen molar-refractivity contribution in [2.75, 3.05) is 0 Å². The maximum absolute atomic E-state index is 11.5. The normalized spacial score (nSPS) is 10.6. The number of nitrogens with zero attached hydrogens (tertiary/aromatic N) is 2. The molecule has 2 aromatic heterocycles. The van der Waals surface area contributed by atoms with E-state index in [1.165, 1.54) is 6.20 Å². The van der Waals surface area contributed by atoms with E-state index in [1.54, 1.807) is 13.0 Å². The van der Waals surface area contributed by atoms with Crippen LogP contribution in [-0.2, 0) is 0 Å². The van der Waals surface area contributed by atoms with Crippen molar-refractivity contribution < 1.29 is 0 Å². The van der Waals surface area contributed by atoms with Gasteiger partial charge in [-0.3, -0.25) is 9.89 Å². The molecule has 2 heterocycles. The summed E-state index contributed by atoms with van der Waals surface area (Å²) < 4.78 is 0. The van der Waals surface area contributed by atoms with Crippen LogP contribution < -0.4 is 5.43 Å². The topological polar surface area (TPSA) is 58.6 Å². The summed E-state index contributed by atoms with van der Waals surface area (Å²) in [5.41, 5.74) is 0.799. The Morgan fingerprint density at radius 3 is 3.08 bits per heavy atom. The van der Waals surface area contributed by atoms with Gasteiger partial charge in [0.2, 0.25) is 5.43 Å². The number of nitrogens with one attached hydrogen (secondary N) is 1. The van der Waals surface area contributed by atoms with E-state index in [1.807, 2.05) is 0 Å². The maximum atomic E-state index is 11.5. The zero-order valence-corrected chi connectivity index (χ0v) is 7.59. The van der Waals surface area contributed by atoms with Crippen LogP contribution in [0.3, 0.4) is 0 Å². The summed E-state index contributed by atoms with van der Waals surface area (Å²) in [6.45, 7) is 1.65. The van der Waals surface area contributed by atoms with E-state index >= 15 is 0 Å². The molecule has 1 N–H and O–H groups in total. The minimum Gasteiger partial charge on any atom is -0.287 e. The number of H-pyrrole nitrogens is 1. The van der Waals surface area contributed by atoms with E-state index in [9.17, 15) is 4.79 Å². The van der Waals surface area contributed by atoms with Gasteiger partial charge in [0.05, 0.1) is 5.39 Å². The number of pyridine rings is 1. The molecule has 0 atom stereocenters. The van der Waals surface area contributed by atoms with Crippen molar-refractivity contribution in [2.24, 2.45) is 0 Å². The van der Waals surface area contributed by atoms with Crippen molar-refractivity contribution in [2.45, 2.75) is 6.92 Å². The van der Waals surface area contributed by atoms with Gasteiger partial charge in [0.15, 0.2) is 5.15 Å². The van der Waals surface area contributed by atoms with Crippen LogP contribution in [0.2, 0.25) is 5.15 Å². The van der Waals surface area contributed by atoms with Gasteiger partial charge in [0.25, 0.3) is 0 Å². The Morgan fingerprint density at radius 2 is 2.31 bits per heavy atom. The first-order valence-electron chi connectivity index (χ1n) is 3.69. The lowest BCUT2D eigenvalue weighted by Gasteiger charge is -1.98. The highest BCUT2D eigenvalue weighted by Gasteiger charge is 2.05. The summed E-state index contributed by atoms with van der Waals surface area (Å²) in [6, 6.07) is 1.62. The molecule has 0 amide bonds. The fourth-order valence-electron chi connectivity index (χ4n) is 1.12. The average molecular weight is 196 g/mol. The molecule has 0 unspecified atom stereocenters. The lowest BCUT2D eigenvalue weighted by Crippen LogP contribution is -2.09. The van der Waals surface area contributed by atoms with Crippen molar-refractivity contribution in [3.63, 3.8) is 0 Å². The van der Waals surface area contributed by atoms with Gasteiger partial charge >= 0.3 is 0 Å². The van der Waals surface area contributed by atoms with Gasteiger partial charge in [0, 0.05) is 6.20 Å². The summed E-state index contributed by atoms with van der Waals surface area (Å²) in [5.74, 6) is 0. The number of aromatic nitrogens is 3. The van der Waals surface area contributed by atoms with E-state index in [4.69, 9.17) is 11.6 Å². The second-order valence-corrected chi connectivity index (χ2v) is 3.02. The van der Waals surface area contributed by atoms with Crippen LogP contribution in [0.15, 0.2) is 17.1 Å². The standard InChI is InChI=1S/C8H6ClN3O/c1-4-7(13)5-2-3-10-8(9)6(5)12-11-4/h2-3H,1H3,(H,12,13). The van der Waals surface area contributed by atoms with Gasteiger partial charge in [-0.25, -0.2) is 4.98 Å². The zero-order valence-electron chi connectivity index (χ0n) is 6.84. The first-order valence-corrected chi connectivity index (χ1v) is 4.07. The summed E-state index contributed by atoms with van der Waals surface area (Å²) in [5, 5.41) is 7.28. The maximum Gasteiger partial charge on any atom is 0.211 e. The average Bonchev–Trinajstić information content (AvgIpc) is 2.12. The number of fused-ring (bicyclic) bond motifs is 1. The molecule has 0 saturated carbocycles. The minimum absolute atomic E-state index is 0.113. The molecular formula is C8H6ClN3O. The molecule has 0 spiro atoms. The van der Waals surface area contributed by atoms with Crippen molar-refractivity contribution in [1.29, 1.82) is 0 Å². The van der Waals surface area contributed by atoms with E-state index in [0.29, 0.717) is 16.6 Å². The first-order chi connectivity index (χ1) is 6.20. The quantitative estimate of drug-likeness (QED) is 0.645. The number of hydrogen-bond acceptors (Lipinski definition) is 3. The summed E-state index contributed by atoms with van der Waals surface area (Å²) in [6.07, 6.45) is 1.50. The summed E-state index contributed by atoms with van der Waals surface area (Å²) in [4.78, 5) is 15.3. The number of hydrogen-bond donors (Lipinski definition) is 1. The number of aromatic amines is 1. The third-order valence-electron chi connectivity index (χ3n) is 1.81. The third-order valence-corrected chi connectivity index (χ3v) is 2.10. The predicted octanol–water partition coefficient (Wildman–Crippen LogP) is 1.28. The third kappa shape index (κ3) is 1.19. The van der Waals surface area contributed by atoms with Gasteiger partial charge < -0.3 is 0 Å². The molecule has 0 aliphatic carbocycles. The molecule has 2 aromatic rings. The molecule has 0 radical (unpaired) electrons. The monoisotopic (exact) mass is 195 g/mol. The molecule has 4 nitrogen and oxygen atoms in total. The van der Waals surface area contributed by atoms with Crippen molar-refractivity contribution in [3.05, 3.63) is 33.3 Å². The smallest absolute Gasteiger partial charge is 0.211 e. The fraction of sp³-hybridized carbons (Fsp3) is 0.125. The lowest BCUT2D eigenvalue weighted by molar-refractivity contribution is 0.999. The largest absolute Gasteiger partial charge is 0.287 e. The summed E-state index contributed by atoms with van der Waals surface area (Å²) >= 11 is 5.76. The highest BCUT2D eigenvalue weighted by Crippen LogP contribution is 2.14. The molecule has 0 aliphatic heterocycles. The van der Waals surface area contributed by atoms with Gasteiger partial charge in [0.1, 0.15) is 11.2 Å². The van der Waals surface area contributed by atoms with Crippen LogP contribution in [0.25, 0.3) is 10.9 Å². The Morgan fingerprint density at radius 1 is 1.54 bits per heavy atom. The fourth-order valence-corrected chi connectivity index (χ4v) is 1.32. The van der Waals surface area contributed by atoms with Crippen LogP contribution >= 0.6 is 11.6 Å². The Hall–Kier alpha value is -1.42. The van der Waals surface area contributed by atoms with E-state index < -0.39 is 0 Å². The molecule has 5 heteroatoms. The molecule has 0 aromatic carbocycles. The van der Waals surface area contributed by atoms with Crippen LogP contribution in [0.5, 0.6) is 0 Å². The van der Waals surface area contributed by atoms with Crippen LogP contribution in [-0.4, -0.2) is 15.2 Å². The first kappa shape index (κ1) is 8.19. The molecule has 2 rings (SSSR count). The second kappa shape index (κ2) is 2.81. The van der Waals surface area contributed by atoms with Gasteiger partial charge in [-0.2, -0.15) is 5.10 Å². The van der Waals surface area contributed by atoms with Crippen LogP contribution in [0, 0.1) is 6.92 Å². The van der Waals surface area contributed by atoms with E-state index in [2.05, 4.69) is 15.2 Å². The van der Waals surface area contributed by atoms with Gasteiger partial charge in [-0.15, -0.1) is 0 Å². The Kier molecular flexibility index (Phi) is 1.77. The molecule has 0 aliphatic rings. The van der Waals surface area contributed by atoms with E-state index in [0.717, 1.165) is 0 Å². The SMILES string of the molecule is Cc1n[nH]c2c(Cl)nccc2c1=O. The van der Waals surface area contributed by atoms with Crippen LogP contribution in [0.1, 0.15) is 5.69 Å². The number of aryl methyl sites for hydroxylation is 1. The molecule has 13 heavy (non-hydrogen) atoms. The zero-order chi connectivity index (χ0) is 9.42. The predicted molar refractivity (Wildman–Crippen MR) is 49.9 cm³/mol. The van der Waals surface area contributed by atoms with Crippen LogP contribution in [0.4, 0.5) is 0 Å². The Balaban J connectivity index is 3.03. The molecule has 0 saturated heterocycles. The van der Waals surface area contributed by atoms with Crippen molar-refractivity contribution >= 4 is 22.5 Å². The van der Waals surface area contributed by atoms with Crippen molar-refractivity contribution in [1.82, 2.24) is 15.2 Å². The minimum atomic E-state index is -0.113. The van der Waals surface area contributed by atoms with Crippen molar-refractivity contribution in [3.8, 4) is 0 Å². The lowest BCUT2D eigenvalue weighted by atomic mass is 10.2. The summed E-state index contributed by atoms with van der Waals surface area (Å²) in [7, 11) is 0. The molecule has 0 fully saturated rings. The van der Waals surface area contributed by atoms with Gasteiger partial charge in [-0.05, 0) is 13.0 Å². The molecule has 0 bridgehead atoms. The highest BCUT2D eigenvalue weighted by molar-refractivity contribution is 6.33.